The van der Waals surface area contributed by atoms with Crippen molar-refractivity contribution < 1.29 is 27.1 Å². The van der Waals surface area contributed by atoms with Crippen LogP contribution in [0.3, 0.4) is 0 Å². The van der Waals surface area contributed by atoms with Gasteiger partial charge in [0.1, 0.15) is 6.61 Å². The van der Waals surface area contributed by atoms with E-state index in [4.69, 9.17) is 4.74 Å². The number of carbonyl (C=O) groups is 1. The van der Waals surface area contributed by atoms with Gasteiger partial charge in [0, 0.05) is 5.56 Å². The summed E-state index contributed by atoms with van der Waals surface area (Å²) < 4.78 is 59.3. The van der Waals surface area contributed by atoms with Crippen molar-refractivity contribution >= 4 is 5.97 Å². The minimum absolute atomic E-state index is 0.0267. The Bertz CT molecular complexity index is 651. The number of halogens is 4. The van der Waals surface area contributed by atoms with Crippen molar-refractivity contribution in [3.63, 3.8) is 0 Å². The van der Waals surface area contributed by atoms with Crippen molar-refractivity contribution in [1.29, 1.82) is 0 Å². The number of carbonyl (C=O) groups excluding carboxylic acids is 1. The lowest BCUT2D eigenvalue weighted by Gasteiger charge is -2.10. The first-order chi connectivity index (χ1) is 10.6. The second-order valence-electron chi connectivity index (χ2n) is 6.32. The van der Waals surface area contributed by atoms with Gasteiger partial charge in [-0.3, -0.25) is 4.79 Å². The van der Waals surface area contributed by atoms with Crippen LogP contribution in [0.4, 0.5) is 17.6 Å². The number of benzene rings is 1. The molecule has 0 heterocycles. The van der Waals surface area contributed by atoms with Crippen LogP contribution in [0.1, 0.15) is 31.9 Å². The second-order valence-corrected chi connectivity index (χ2v) is 6.32. The number of hydrogen-bond acceptors (Lipinski definition) is 2. The summed E-state index contributed by atoms with van der Waals surface area (Å²) in [5.41, 5.74) is -1.98. The molecule has 0 aliphatic heterocycles. The zero-order valence-corrected chi connectivity index (χ0v) is 13.3. The third kappa shape index (κ3) is 2.86. The highest BCUT2D eigenvalue weighted by Crippen LogP contribution is 2.59. The Balaban J connectivity index is 2.15. The lowest BCUT2D eigenvalue weighted by Crippen LogP contribution is -2.14. The minimum atomic E-state index is -1.53. The molecule has 1 aromatic carbocycles. The molecule has 0 aromatic heterocycles. The molecule has 1 saturated carbocycles. The van der Waals surface area contributed by atoms with E-state index < -0.39 is 52.9 Å². The Labute approximate surface area is 132 Å². The standard InChI is InChI=1S/C17H18F4O2/c1-5-6-10-11(17(10,3)4)16(22)23-7-9-14(20)12(18)8(2)13(19)15(9)21/h5-6,10-11H,7H2,1-4H3/b6-5+/t10-,11-/m0/s1. The molecule has 0 N–H and O–H groups in total. The van der Waals surface area contributed by atoms with Gasteiger partial charge in [0.15, 0.2) is 23.3 Å². The smallest absolute Gasteiger partial charge is 0.310 e. The van der Waals surface area contributed by atoms with Gasteiger partial charge in [-0.2, -0.15) is 0 Å². The lowest BCUT2D eigenvalue weighted by molar-refractivity contribution is -0.147. The van der Waals surface area contributed by atoms with Crippen molar-refractivity contribution in [2.45, 2.75) is 34.3 Å². The second kappa shape index (κ2) is 5.98. The highest BCUT2D eigenvalue weighted by atomic mass is 19.2. The Kier molecular flexibility index (Phi) is 4.55. The van der Waals surface area contributed by atoms with Crippen LogP contribution in [-0.4, -0.2) is 5.97 Å². The fraction of sp³-hybridized carbons (Fsp3) is 0.471. The Morgan fingerprint density at radius 2 is 1.65 bits per heavy atom. The summed E-state index contributed by atoms with van der Waals surface area (Å²) in [4.78, 5) is 12.1. The fourth-order valence-corrected chi connectivity index (χ4v) is 2.84. The lowest BCUT2D eigenvalue weighted by atomic mass is 10.1. The molecule has 2 rings (SSSR count). The largest absolute Gasteiger partial charge is 0.460 e. The van der Waals surface area contributed by atoms with E-state index in [0.717, 1.165) is 6.92 Å². The van der Waals surface area contributed by atoms with Gasteiger partial charge in [-0.1, -0.05) is 26.0 Å². The fourth-order valence-electron chi connectivity index (χ4n) is 2.84. The number of ether oxygens (including phenoxy) is 1. The average molecular weight is 330 g/mol. The Morgan fingerprint density at radius 1 is 1.13 bits per heavy atom. The van der Waals surface area contributed by atoms with Crippen LogP contribution in [0.25, 0.3) is 0 Å². The molecule has 0 unspecified atom stereocenters. The minimum Gasteiger partial charge on any atom is -0.460 e. The maximum absolute atomic E-state index is 13.7. The van der Waals surface area contributed by atoms with Gasteiger partial charge in [0.25, 0.3) is 0 Å². The molecule has 6 heteroatoms. The summed E-state index contributed by atoms with van der Waals surface area (Å²) >= 11 is 0. The van der Waals surface area contributed by atoms with E-state index in [9.17, 15) is 22.4 Å². The third-order valence-corrected chi connectivity index (χ3v) is 4.50. The van der Waals surface area contributed by atoms with Crippen molar-refractivity contribution in [3.05, 3.63) is 46.5 Å². The van der Waals surface area contributed by atoms with Gasteiger partial charge < -0.3 is 4.74 Å². The first-order valence-corrected chi connectivity index (χ1v) is 7.25. The Hall–Kier alpha value is -1.85. The summed E-state index contributed by atoms with van der Waals surface area (Å²) in [5.74, 6) is -7.13. The Morgan fingerprint density at radius 3 is 2.13 bits per heavy atom. The molecule has 2 atom stereocenters. The molecule has 23 heavy (non-hydrogen) atoms. The summed E-state index contributed by atoms with van der Waals surface area (Å²) in [5, 5.41) is 0. The van der Waals surface area contributed by atoms with Gasteiger partial charge >= 0.3 is 5.97 Å². The van der Waals surface area contributed by atoms with Gasteiger partial charge in [-0.05, 0) is 25.2 Å². The molecule has 0 spiro atoms. The quantitative estimate of drug-likeness (QED) is 0.353. The molecular formula is C17H18F4O2. The molecule has 126 valence electrons. The van der Waals surface area contributed by atoms with E-state index in [1.807, 2.05) is 32.9 Å². The normalized spacial score (nSPS) is 22.4. The van der Waals surface area contributed by atoms with E-state index in [1.54, 1.807) is 0 Å². The maximum Gasteiger partial charge on any atom is 0.310 e. The third-order valence-electron chi connectivity index (χ3n) is 4.50. The van der Waals surface area contributed by atoms with E-state index in [1.165, 1.54) is 0 Å². The van der Waals surface area contributed by atoms with E-state index >= 15 is 0 Å². The predicted molar refractivity (Wildman–Crippen MR) is 76.4 cm³/mol. The van der Waals surface area contributed by atoms with Gasteiger partial charge in [0.2, 0.25) is 0 Å². The highest BCUT2D eigenvalue weighted by Gasteiger charge is 2.61. The first-order valence-electron chi connectivity index (χ1n) is 7.25. The van der Waals surface area contributed by atoms with Crippen molar-refractivity contribution in [1.82, 2.24) is 0 Å². The van der Waals surface area contributed by atoms with Crippen LogP contribution >= 0.6 is 0 Å². The molecule has 2 nitrogen and oxygen atoms in total. The number of allylic oxidation sites excluding steroid dienone is 2. The zero-order chi connectivity index (χ0) is 17.5. The molecular weight excluding hydrogens is 312 g/mol. The molecule has 0 amide bonds. The molecule has 0 bridgehead atoms. The van der Waals surface area contributed by atoms with Crippen LogP contribution < -0.4 is 0 Å². The number of hydrogen-bond donors (Lipinski definition) is 0. The predicted octanol–water partition coefficient (Wildman–Crippen LogP) is 4.44. The van der Waals surface area contributed by atoms with Gasteiger partial charge in [-0.15, -0.1) is 0 Å². The molecule has 1 aromatic rings. The molecule has 1 fully saturated rings. The summed E-state index contributed by atoms with van der Waals surface area (Å²) in [6.07, 6.45) is 3.67. The number of esters is 1. The van der Waals surface area contributed by atoms with Crippen LogP contribution in [0.5, 0.6) is 0 Å². The van der Waals surface area contributed by atoms with Gasteiger partial charge in [0.05, 0.1) is 11.5 Å². The van der Waals surface area contributed by atoms with Crippen molar-refractivity contribution in [2.75, 3.05) is 0 Å². The van der Waals surface area contributed by atoms with E-state index in [2.05, 4.69) is 0 Å². The molecule has 0 saturated heterocycles. The summed E-state index contributed by atoms with van der Waals surface area (Å²) in [7, 11) is 0. The van der Waals surface area contributed by atoms with Crippen LogP contribution in [0.15, 0.2) is 12.2 Å². The molecule has 1 aliphatic carbocycles. The van der Waals surface area contributed by atoms with Crippen molar-refractivity contribution in [2.24, 2.45) is 17.3 Å². The monoisotopic (exact) mass is 330 g/mol. The topological polar surface area (TPSA) is 26.3 Å². The average Bonchev–Trinajstić information content (AvgIpc) is 3.04. The summed E-state index contributed by atoms with van der Waals surface area (Å²) in [6, 6.07) is 0. The molecule has 0 radical (unpaired) electrons. The van der Waals surface area contributed by atoms with E-state index in [0.29, 0.717) is 0 Å². The molecule has 1 aliphatic rings. The maximum atomic E-state index is 13.7. The van der Waals surface area contributed by atoms with Crippen LogP contribution in [0.2, 0.25) is 0 Å². The highest BCUT2D eigenvalue weighted by molar-refractivity contribution is 5.78. The van der Waals surface area contributed by atoms with Crippen molar-refractivity contribution in [3.8, 4) is 0 Å². The zero-order valence-electron chi connectivity index (χ0n) is 13.3. The van der Waals surface area contributed by atoms with Gasteiger partial charge in [-0.25, -0.2) is 17.6 Å². The first kappa shape index (κ1) is 17.5. The van der Waals surface area contributed by atoms with Crippen LogP contribution in [0, 0.1) is 47.4 Å². The number of rotatable bonds is 4. The van der Waals surface area contributed by atoms with Crippen LogP contribution in [-0.2, 0) is 16.1 Å². The SMILES string of the molecule is C/C=C/[C@H]1[C@@H](C(=O)OCc2c(F)c(F)c(C)c(F)c2F)C1(C)C. The van der Waals surface area contributed by atoms with E-state index in [-0.39, 0.29) is 11.3 Å². The summed E-state index contributed by atoms with van der Waals surface area (Å²) in [6.45, 7) is 5.64.